The first-order chi connectivity index (χ1) is 8.25. The number of nitro groups is 1. The first-order valence-corrected chi connectivity index (χ1v) is 6.13. The Bertz CT molecular complexity index is 370. The van der Waals surface area contributed by atoms with Gasteiger partial charge in [-0.3, -0.25) is 10.1 Å². The minimum Gasteiger partial charge on any atom is -0.367 e. The molecular formula is C12H17N3O2. The molecule has 5 heteroatoms. The second kappa shape index (κ2) is 5.61. The summed E-state index contributed by atoms with van der Waals surface area (Å²) < 4.78 is 0. The molecule has 2 rings (SSSR count). The predicted molar refractivity (Wildman–Crippen MR) is 66.0 cm³/mol. The Morgan fingerprint density at radius 2 is 1.94 bits per heavy atom. The third-order valence-corrected chi connectivity index (χ3v) is 3.17. The van der Waals surface area contributed by atoms with Gasteiger partial charge in [0.1, 0.15) is 12.0 Å². The van der Waals surface area contributed by atoms with Gasteiger partial charge in [-0.25, -0.2) is 4.98 Å². The lowest BCUT2D eigenvalue weighted by Crippen LogP contribution is -2.18. The highest BCUT2D eigenvalue weighted by atomic mass is 16.6. The smallest absolute Gasteiger partial charge is 0.287 e. The molecular weight excluding hydrogens is 218 g/mol. The molecule has 1 aliphatic carbocycles. The van der Waals surface area contributed by atoms with E-state index >= 15 is 0 Å². The van der Waals surface area contributed by atoms with Crippen molar-refractivity contribution < 1.29 is 4.92 Å². The van der Waals surface area contributed by atoms with Gasteiger partial charge in [-0.05, 0) is 18.9 Å². The fraction of sp³-hybridized carbons (Fsp3) is 0.583. The molecule has 92 valence electrons. The van der Waals surface area contributed by atoms with Crippen LogP contribution in [0.3, 0.4) is 0 Å². The third kappa shape index (κ3) is 3.41. The zero-order valence-electron chi connectivity index (χ0n) is 9.76. The molecule has 0 aliphatic heterocycles. The summed E-state index contributed by atoms with van der Waals surface area (Å²) in [6, 6.07) is 3.64. The summed E-state index contributed by atoms with van der Waals surface area (Å²) in [4.78, 5) is 14.1. The van der Waals surface area contributed by atoms with Crippen LogP contribution in [0.25, 0.3) is 0 Å². The van der Waals surface area contributed by atoms with Crippen LogP contribution in [0.4, 0.5) is 11.5 Å². The molecule has 1 aromatic rings. The number of aromatic nitrogens is 1. The highest BCUT2D eigenvalue weighted by Crippen LogP contribution is 2.21. The Morgan fingerprint density at radius 1 is 1.24 bits per heavy atom. The van der Waals surface area contributed by atoms with Crippen molar-refractivity contribution in [2.45, 2.75) is 44.6 Å². The van der Waals surface area contributed by atoms with Gasteiger partial charge in [0.2, 0.25) is 0 Å². The summed E-state index contributed by atoms with van der Waals surface area (Å²) in [6.07, 6.45) is 8.77. The molecule has 0 atom stereocenters. The van der Waals surface area contributed by atoms with Crippen LogP contribution in [0.5, 0.6) is 0 Å². The lowest BCUT2D eigenvalue weighted by atomic mass is 10.1. The molecule has 0 saturated heterocycles. The Balaban J connectivity index is 1.95. The molecule has 0 unspecified atom stereocenters. The normalized spacial score (nSPS) is 17.4. The lowest BCUT2D eigenvalue weighted by molar-refractivity contribution is -0.385. The molecule has 0 aromatic carbocycles. The maximum Gasteiger partial charge on any atom is 0.287 e. The quantitative estimate of drug-likeness (QED) is 0.496. The second-order valence-electron chi connectivity index (χ2n) is 4.49. The van der Waals surface area contributed by atoms with E-state index < -0.39 is 4.92 Å². The maximum absolute atomic E-state index is 10.5. The van der Waals surface area contributed by atoms with Crippen LogP contribution in [0.15, 0.2) is 18.3 Å². The van der Waals surface area contributed by atoms with Crippen LogP contribution in [0.1, 0.15) is 38.5 Å². The van der Waals surface area contributed by atoms with Crippen LogP contribution in [-0.2, 0) is 0 Å². The fourth-order valence-electron chi connectivity index (χ4n) is 2.21. The standard InChI is InChI=1S/C12H17N3O2/c16-15(17)11-7-8-12(13-9-11)14-10-5-3-1-2-4-6-10/h7-10H,1-6H2,(H,13,14). The summed E-state index contributed by atoms with van der Waals surface area (Å²) >= 11 is 0. The average molecular weight is 235 g/mol. The Labute approximate surface area is 100 Å². The van der Waals surface area contributed by atoms with Crippen molar-refractivity contribution in [3.8, 4) is 0 Å². The molecule has 0 spiro atoms. The molecule has 1 aromatic heterocycles. The van der Waals surface area contributed by atoms with Gasteiger partial charge in [0, 0.05) is 12.1 Å². The third-order valence-electron chi connectivity index (χ3n) is 3.17. The van der Waals surface area contributed by atoms with Crippen LogP contribution < -0.4 is 5.32 Å². The number of nitrogens with one attached hydrogen (secondary N) is 1. The van der Waals surface area contributed by atoms with Gasteiger partial charge in [0.25, 0.3) is 5.69 Å². The van der Waals surface area contributed by atoms with Gasteiger partial charge >= 0.3 is 0 Å². The molecule has 17 heavy (non-hydrogen) atoms. The molecule has 1 heterocycles. The minimum absolute atomic E-state index is 0.0383. The number of pyridine rings is 1. The van der Waals surface area contributed by atoms with Crippen molar-refractivity contribution in [1.29, 1.82) is 0 Å². The molecule has 1 saturated carbocycles. The van der Waals surface area contributed by atoms with E-state index in [2.05, 4.69) is 10.3 Å². The second-order valence-corrected chi connectivity index (χ2v) is 4.49. The SMILES string of the molecule is O=[N+]([O-])c1ccc(NC2CCCCCC2)nc1. The summed E-state index contributed by atoms with van der Waals surface area (Å²) in [7, 11) is 0. The monoisotopic (exact) mass is 235 g/mol. The van der Waals surface area contributed by atoms with Crippen molar-refractivity contribution in [2.75, 3.05) is 5.32 Å². The van der Waals surface area contributed by atoms with Crippen molar-refractivity contribution in [3.05, 3.63) is 28.4 Å². The lowest BCUT2D eigenvalue weighted by Gasteiger charge is -2.16. The Kier molecular flexibility index (Phi) is 3.90. The van der Waals surface area contributed by atoms with Gasteiger partial charge < -0.3 is 5.32 Å². The van der Waals surface area contributed by atoms with E-state index in [4.69, 9.17) is 0 Å². The first-order valence-electron chi connectivity index (χ1n) is 6.13. The number of hydrogen-bond acceptors (Lipinski definition) is 4. The van der Waals surface area contributed by atoms with Crippen molar-refractivity contribution in [1.82, 2.24) is 4.98 Å². The first kappa shape index (κ1) is 11.8. The Hall–Kier alpha value is -1.65. The highest BCUT2D eigenvalue weighted by Gasteiger charge is 2.13. The van der Waals surface area contributed by atoms with Crippen molar-refractivity contribution in [2.24, 2.45) is 0 Å². The maximum atomic E-state index is 10.5. The number of anilines is 1. The van der Waals surface area contributed by atoms with Crippen LogP contribution in [0, 0.1) is 10.1 Å². The van der Waals surface area contributed by atoms with Crippen molar-refractivity contribution >= 4 is 11.5 Å². The van der Waals surface area contributed by atoms with Gasteiger partial charge in [-0.15, -0.1) is 0 Å². The topological polar surface area (TPSA) is 68.1 Å². The largest absolute Gasteiger partial charge is 0.367 e. The van der Waals surface area contributed by atoms with Gasteiger partial charge in [0.05, 0.1) is 4.92 Å². The highest BCUT2D eigenvalue weighted by molar-refractivity contribution is 5.40. The summed E-state index contributed by atoms with van der Waals surface area (Å²) in [5.41, 5.74) is 0.0383. The number of hydrogen-bond donors (Lipinski definition) is 1. The van der Waals surface area contributed by atoms with E-state index in [1.54, 1.807) is 6.07 Å². The molecule has 1 N–H and O–H groups in total. The van der Waals surface area contributed by atoms with Gasteiger partial charge in [0.15, 0.2) is 0 Å². The fourth-order valence-corrected chi connectivity index (χ4v) is 2.21. The zero-order valence-corrected chi connectivity index (χ0v) is 9.76. The Morgan fingerprint density at radius 3 is 2.47 bits per heavy atom. The number of rotatable bonds is 3. The van der Waals surface area contributed by atoms with Crippen LogP contribution in [-0.4, -0.2) is 15.9 Å². The van der Waals surface area contributed by atoms with Crippen LogP contribution >= 0.6 is 0 Å². The molecule has 0 radical (unpaired) electrons. The van der Waals surface area contributed by atoms with E-state index in [9.17, 15) is 10.1 Å². The van der Waals surface area contributed by atoms with E-state index in [0.717, 1.165) is 5.82 Å². The molecule has 5 nitrogen and oxygen atoms in total. The van der Waals surface area contributed by atoms with E-state index in [-0.39, 0.29) is 5.69 Å². The molecule has 0 amide bonds. The molecule has 1 fully saturated rings. The summed E-state index contributed by atoms with van der Waals surface area (Å²) in [5.74, 6) is 0.738. The minimum atomic E-state index is -0.428. The van der Waals surface area contributed by atoms with Gasteiger partial charge in [-0.1, -0.05) is 25.7 Å². The van der Waals surface area contributed by atoms with E-state index in [0.29, 0.717) is 6.04 Å². The van der Waals surface area contributed by atoms with Crippen molar-refractivity contribution in [3.63, 3.8) is 0 Å². The predicted octanol–water partition coefficient (Wildman–Crippen LogP) is 3.12. The van der Waals surface area contributed by atoms with E-state index in [1.807, 2.05) is 0 Å². The van der Waals surface area contributed by atoms with E-state index in [1.165, 1.54) is 50.8 Å². The summed E-state index contributed by atoms with van der Waals surface area (Å²) in [6.45, 7) is 0. The molecule has 1 aliphatic rings. The average Bonchev–Trinajstić information content (AvgIpc) is 2.58. The van der Waals surface area contributed by atoms with Crippen LogP contribution in [0.2, 0.25) is 0 Å². The molecule has 0 bridgehead atoms. The van der Waals surface area contributed by atoms with Gasteiger partial charge in [-0.2, -0.15) is 0 Å². The summed E-state index contributed by atoms with van der Waals surface area (Å²) in [5, 5.41) is 13.8. The number of nitrogens with zero attached hydrogens (tertiary/aromatic N) is 2. The zero-order chi connectivity index (χ0) is 12.1.